The van der Waals surface area contributed by atoms with Crippen LogP contribution in [0.1, 0.15) is 36.7 Å². The Bertz CT molecular complexity index is 1040. The van der Waals surface area contributed by atoms with E-state index in [2.05, 4.69) is 5.32 Å². The van der Waals surface area contributed by atoms with Crippen LogP contribution in [0, 0.1) is 11.3 Å². The molecule has 0 spiro atoms. The first kappa shape index (κ1) is 22.1. The fraction of sp³-hybridized carbons (Fsp3) is 0.250. The first-order valence-corrected chi connectivity index (χ1v) is 10.9. The number of benzene rings is 2. The van der Waals surface area contributed by atoms with E-state index in [4.69, 9.17) is 11.6 Å². The molecule has 1 unspecified atom stereocenters. The van der Waals surface area contributed by atoms with Crippen molar-refractivity contribution in [1.82, 2.24) is 0 Å². The van der Waals surface area contributed by atoms with Crippen molar-refractivity contribution in [2.24, 2.45) is 11.3 Å². The summed E-state index contributed by atoms with van der Waals surface area (Å²) in [6, 6.07) is 16.8. The van der Waals surface area contributed by atoms with Gasteiger partial charge in [0.25, 0.3) is 0 Å². The number of amides is 1. The zero-order valence-electron chi connectivity index (χ0n) is 17.1. The second-order valence-electron chi connectivity index (χ2n) is 8.26. The number of carboxylic acid groups (broad SMARTS) is 1. The second kappa shape index (κ2) is 9.02. The van der Waals surface area contributed by atoms with Crippen LogP contribution in [0.3, 0.4) is 0 Å². The average Bonchev–Trinajstić information content (AvgIpc) is 3.10. The molecule has 0 aliphatic rings. The van der Waals surface area contributed by atoms with Crippen molar-refractivity contribution in [1.29, 1.82) is 0 Å². The van der Waals surface area contributed by atoms with Gasteiger partial charge in [-0.3, -0.25) is 4.79 Å². The normalized spacial score (nSPS) is 12.4. The van der Waals surface area contributed by atoms with Gasteiger partial charge in [-0.2, -0.15) is 0 Å². The van der Waals surface area contributed by atoms with Crippen LogP contribution >= 0.6 is 22.9 Å². The summed E-state index contributed by atoms with van der Waals surface area (Å²) in [6.07, 6.45) is 0.577. The molecule has 3 aromatic rings. The van der Waals surface area contributed by atoms with Gasteiger partial charge in [0, 0.05) is 21.9 Å². The van der Waals surface area contributed by atoms with Gasteiger partial charge in [0.1, 0.15) is 10.6 Å². The lowest BCUT2D eigenvalue weighted by Crippen LogP contribution is -2.35. The Hall–Kier alpha value is -2.63. The van der Waals surface area contributed by atoms with E-state index in [1.807, 2.05) is 51.1 Å². The molecule has 156 valence electrons. The number of anilines is 1. The SMILES string of the molecule is CC(C)(C)C(Cc1ccccc1)C(=O)Nc1scc(-c2ccc(Cl)cc2)c1C(=O)O. The first-order chi connectivity index (χ1) is 14.2. The molecule has 6 heteroatoms. The monoisotopic (exact) mass is 441 g/mol. The van der Waals surface area contributed by atoms with E-state index in [9.17, 15) is 14.7 Å². The fourth-order valence-electron chi connectivity index (χ4n) is 3.35. The van der Waals surface area contributed by atoms with Crippen LogP contribution in [0.4, 0.5) is 5.00 Å². The molecule has 2 aromatic carbocycles. The number of nitrogens with one attached hydrogen (secondary N) is 1. The fourth-order valence-corrected chi connectivity index (χ4v) is 4.44. The second-order valence-corrected chi connectivity index (χ2v) is 9.58. The molecule has 0 radical (unpaired) electrons. The van der Waals surface area contributed by atoms with E-state index in [1.54, 1.807) is 29.6 Å². The lowest BCUT2D eigenvalue weighted by molar-refractivity contribution is -0.122. The summed E-state index contributed by atoms with van der Waals surface area (Å²) in [5, 5.41) is 15.4. The van der Waals surface area contributed by atoms with Gasteiger partial charge in [0.15, 0.2) is 0 Å². The van der Waals surface area contributed by atoms with E-state index in [-0.39, 0.29) is 22.8 Å². The number of halogens is 1. The largest absolute Gasteiger partial charge is 0.478 e. The molecule has 1 aromatic heterocycles. The zero-order valence-corrected chi connectivity index (χ0v) is 18.7. The van der Waals surface area contributed by atoms with Gasteiger partial charge in [0.2, 0.25) is 5.91 Å². The Morgan fingerprint density at radius 1 is 1.07 bits per heavy atom. The van der Waals surface area contributed by atoms with E-state index in [0.29, 0.717) is 22.0 Å². The molecular formula is C24H24ClNO3S. The Morgan fingerprint density at radius 2 is 1.70 bits per heavy atom. The molecular weight excluding hydrogens is 418 g/mol. The Morgan fingerprint density at radius 3 is 2.27 bits per heavy atom. The van der Waals surface area contributed by atoms with Crippen molar-refractivity contribution < 1.29 is 14.7 Å². The highest BCUT2D eigenvalue weighted by atomic mass is 35.5. The van der Waals surface area contributed by atoms with Gasteiger partial charge in [-0.15, -0.1) is 11.3 Å². The summed E-state index contributed by atoms with van der Waals surface area (Å²) in [5.74, 6) is -1.58. The molecule has 0 aliphatic carbocycles. The van der Waals surface area contributed by atoms with Gasteiger partial charge in [-0.25, -0.2) is 4.79 Å². The van der Waals surface area contributed by atoms with Crippen LogP contribution in [0.25, 0.3) is 11.1 Å². The highest BCUT2D eigenvalue weighted by Gasteiger charge is 2.33. The van der Waals surface area contributed by atoms with Crippen LogP contribution in [0.2, 0.25) is 5.02 Å². The molecule has 0 saturated carbocycles. The van der Waals surface area contributed by atoms with Crippen molar-refractivity contribution in [3.63, 3.8) is 0 Å². The Balaban J connectivity index is 1.91. The maximum Gasteiger partial charge on any atom is 0.339 e. The van der Waals surface area contributed by atoms with Crippen molar-refractivity contribution in [2.45, 2.75) is 27.2 Å². The minimum absolute atomic E-state index is 0.100. The average molecular weight is 442 g/mol. The zero-order chi connectivity index (χ0) is 21.9. The van der Waals surface area contributed by atoms with Gasteiger partial charge in [-0.05, 0) is 35.1 Å². The summed E-state index contributed by atoms with van der Waals surface area (Å²) in [4.78, 5) is 25.2. The van der Waals surface area contributed by atoms with Crippen LogP contribution in [0.5, 0.6) is 0 Å². The molecule has 1 heterocycles. The number of carbonyl (C=O) groups excluding carboxylic acids is 1. The highest BCUT2D eigenvalue weighted by Crippen LogP contribution is 2.37. The van der Waals surface area contributed by atoms with E-state index in [0.717, 1.165) is 11.1 Å². The van der Waals surface area contributed by atoms with Crippen molar-refractivity contribution in [3.8, 4) is 11.1 Å². The minimum atomic E-state index is -1.08. The van der Waals surface area contributed by atoms with Crippen molar-refractivity contribution in [2.75, 3.05) is 5.32 Å². The number of aromatic carboxylic acids is 1. The summed E-state index contributed by atoms with van der Waals surface area (Å²) < 4.78 is 0. The molecule has 1 amide bonds. The molecule has 0 saturated heterocycles. The molecule has 1 atom stereocenters. The van der Waals surface area contributed by atoms with Crippen molar-refractivity contribution in [3.05, 3.63) is 76.1 Å². The molecule has 4 nitrogen and oxygen atoms in total. The standard InChI is InChI=1S/C24H24ClNO3S/c1-24(2,3)19(13-15-7-5-4-6-8-15)21(27)26-22-20(23(28)29)18(14-30-22)16-9-11-17(25)12-10-16/h4-12,14,19H,13H2,1-3H3,(H,26,27)(H,28,29). The molecule has 0 fully saturated rings. The number of hydrogen-bond donors (Lipinski definition) is 2. The predicted octanol–water partition coefficient (Wildman–Crippen LogP) is 6.61. The summed E-state index contributed by atoms with van der Waals surface area (Å²) in [5.41, 5.74) is 2.18. The third-order valence-corrected chi connectivity index (χ3v) is 6.19. The topological polar surface area (TPSA) is 66.4 Å². The first-order valence-electron chi connectivity index (χ1n) is 9.62. The summed E-state index contributed by atoms with van der Waals surface area (Å²) >= 11 is 7.17. The van der Waals surface area contributed by atoms with Gasteiger partial charge in [0.05, 0.1) is 0 Å². The molecule has 30 heavy (non-hydrogen) atoms. The molecule has 0 aliphatic heterocycles. The number of hydrogen-bond acceptors (Lipinski definition) is 3. The number of carbonyl (C=O) groups is 2. The smallest absolute Gasteiger partial charge is 0.339 e. The Labute approximate surface area is 185 Å². The summed E-state index contributed by atoms with van der Waals surface area (Å²) in [6.45, 7) is 6.06. The number of carboxylic acids is 1. The van der Waals surface area contributed by atoms with Gasteiger partial charge < -0.3 is 10.4 Å². The van der Waals surface area contributed by atoms with E-state index >= 15 is 0 Å². The van der Waals surface area contributed by atoms with E-state index < -0.39 is 5.97 Å². The molecule has 0 bridgehead atoms. The van der Waals surface area contributed by atoms with Gasteiger partial charge >= 0.3 is 5.97 Å². The van der Waals surface area contributed by atoms with Crippen molar-refractivity contribution >= 4 is 39.8 Å². The minimum Gasteiger partial charge on any atom is -0.478 e. The van der Waals surface area contributed by atoms with Gasteiger partial charge in [-0.1, -0.05) is 74.8 Å². The third kappa shape index (κ3) is 5.10. The van der Waals surface area contributed by atoms with E-state index in [1.165, 1.54) is 11.3 Å². The maximum atomic E-state index is 13.2. The highest BCUT2D eigenvalue weighted by molar-refractivity contribution is 7.15. The lowest BCUT2D eigenvalue weighted by Gasteiger charge is -2.29. The number of rotatable bonds is 6. The summed E-state index contributed by atoms with van der Waals surface area (Å²) in [7, 11) is 0. The van der Waals surface area contributed by atoms with Crippen LogP contribution < -0.4 is 5.32 Å². The quantitative estimate of drug-likeness (QED) is 0.452. The maximum absolute atomic E-state index is 13.2. The van der Waals surface area contributed by atoms with Crippen LogP contribution in [-0.4, -0.2) is 17.0 Å². The van der Waals surface area contributed by atoms with Crippen LogP contribution in [0.15, 0.2) is 60.0 Å². The van der Waals surface area contributed by atoms with Crippen LogP contribution in [-0.2, 0) is 11.2 Å². The lowest BCUT2D eigenvalue weighted by atomic mass is 9.76. The third-order valence-electron chi connectivity index (χ3n) is 5.04. The molecule has 3 rings (SSSR count). The predicted molar refractivity (Wildman–Crippen MR) is 123 cm³/mol. The molecule has 2 N–H and O–H groups in total. The Kier molecular flexibility index (Phi) is 6.64. The number of thiophene rings is 1.